The topological polar surface area (TPSA) is 60.0 Å². The fourth-order valence-corrected chi connectivity index (χ4v) is 5.21. The predicted octanol–water partition coefficient (Wildman–Crippen LogP) is 3.97. The summed E-state index contributed by atoms with van der Waals surface area (Å²) in [4.78, 5) is 2.74. The van der Waals surface area contributed by atoms with Crippen molar-refractivity contribution >= 4 is 0 Å². The summed E-state index contributed by atoms with van der Waals surface area (Å²) in [6.45, 7) is 7.64. The van der Waals surface area contributed by atoms with Crippen molar-refractivity contribution in [3.63, 3.8) is 0 Å². The smallest absolute Gasteiger partial charge is 0.135 e. The highest BCUT2D eigenvalue weighted by atomic mass is 15.3. The first-order valence-corrected chi connectivity index (χ1v) is 10.5. The Labute approximate surface area is 163 Å². The van der Waals surface area contributed by atoms with Crippen LogP contribution in [0.2, 0.25) is 0 Å². The lowest BCUT2D eigenvalue weighted by atomic mass is 9.95. The van der Waals surface area contributed by atoms with E-state index in [2.05, 4.69) is 70.8 Å². The van der Waals surface area contributed by atoms with Crippen molar-refractivity contribution in [2.45, 2.75) is 83.0 Å². The molecule has 1 aromatic carbocycles. The Bertz CT molecular complexity index is 739. The molecule has 2 fully saturated rings. The number of piperidine rings is 1. The molecule has 5 heteroatoms. The van der Waals surface area contributed by atoms with Gasteiger partial charge in [0.05, 0.1) is 0 Å². The highest BCUT2D eigenvalue weighted by molar-refractivity contribution is 5.18. The molecule has 2 aromatic rings. The molecule has 0 amide bonds. The number of nitrogens with two attached hydrogens (primary N) is 1. The van der Waals surface area contributed by atoms with Gasteiger partial charge in [-0.3, -0.25) is 4.90 Å². The first kappa shape index (κ1) is 18.6. The largest absolute Gasteiger partial charge is 0.324 e. The zero-order valence-corrected chi connectivity index (χ0v) is 16.9. The fraction of sp³-hybridized carbons (Fsp3) is 0.636. The van der Waals surface area contributed by atoms with Crippen molar-refractivity contribution in [3.05, 3.63) is 47.5 Å². The standard InChI is InChI=1S/C22H33N5/c1-15(2)22-25-24-16(3)27(22)20-13-18-9-10-19(14-20)26(18)12-11-21(23)17-7-5-4-6-8-17/h4-8,15,18-21H,9-14,23H2,1-3H3/t18-,19-,21?/m1/s1. The number of nitrogens with zero attached hydrogens (tertiary/aromatic N) is 4. The summed E-state index contributed by atoms with van der Waals surface area (Å²) in [5.41, 5.74) is 7.70. The van der Waals surface area contributed by atoms with Crippen LogP contribution in [0, 0.1) is 6.92 Å². The number of rotatable bonds is 6. The van der Waals surface area contributed by atoms with Gasteiger partial charge in [-0.2, -0.15) is 0 Å². The number of hydrogen-bond donors (Lipinski definition) is 1. The monoisotopic (exact) mass is 367 g/mol. The van der Waals surface area contributed by atoms with Crippen LogP contribution in [0.4, 0.5) is 0 Å². The second-order valence-corrected chi connectivity index (χ2v) is 8.68. The molecule has 0 aliphatic carbocycles. The normalized spacial score (nSPS) is 26.6. The zero-order chi connectivity index (χ0) is 19.0. The van der Waals surface area contributed by atoms with Gasteiger partial charge < -0.3 is 10.3 Å². The van der Waals surface area contributed by atoms with E-state index in [1.807, 2.05) is 0 Å². The van der Waals surface area contributed by atoms with E-state index in [-0.39, 0.29) is 6.04 Å². The molecule has 27 heavy (non-hydrogen) atoms. The molecule has 0 spiro atoms. The molecule has 1 unspecified atom stereocenters. The van der Waals surface area contributed by atoms with Crippen LogP contribution in [0.3, 0.4) is 0 Å². The summed E-state index contributed by atoms with van der Waals surface area (Å²) in [5, 5.41) is 8.83. The number of benzene rings is 1. The number of hydrogen-bond acceptors (Lipinski definition) is 4. The van der Waals surface area contributed by atoms with Crippen LogP contribution >= 0.6 is 0 Å². The maximum absolute atomic E-state index is 6.45. The molecular weight excluding hydrogens is 334 g/mol. The molecule has 2 bridgehead atoms. The van der Waals surface area contributed by atoms with Crippen molar-refractivity contribution in [3.8, 4) is 0 Å². The van der Waals surface area contributed by atoms with Crippen molar-refractivity contribution in [2.75, 3.05) is 6.54 Å². The number of aromatic nitrogens is 3. The first-order chi connectivity index (χ1) is 13.0. The molecule has 4 rings (SSSR count). The van der Waals surface area contributed by atoms with E-state index >= 15 is 0 Å². The van der Waals surface area contributed by atoms with Crippen molar-refractivity contribution in [1.82, 2.24) is 19.7 Å². The van der Waals surface area contributed by atoms with Gasteiger partial charge in [0.15, 0.2) is 0 Å². The third-order valence-electron chi connectivity index (χ3n) is 6.56. The molecule has 2 aliphatic heterocycles. The molecular formula is C22H33N5. The highest BCUT2D eigenvalue weighted by Crippen LogP contribution is 2.42. The van der Waals surface area contributed by atoms with Crippen LogP contribution < -0.4 is 5.73 Å². The number of fused-ring (bicyclic) bond motifs is 2. The molecule has 1 aromatic heterocycles. The minimum atomic E-state index is 0.135. The van der Waals surface area contributed by atoms with Gasteiger partial charge in [-0.25, -0.2) is 0 Å². The zero-order valence-electron chi connectivity index (χ0n) is 16.9. The first-order valence-electron chi connectivity index (χ1n) is 10.5. The maximum atomic E-state index is 6.45. The van der Waals surface area contributed by atoms with Crippen LogP contribution in [0.25, 0.3) is 0 Å². The molecule has 2 N–H and O–H groups in total. The van der Waals surface area contributed by atoms with Gasteiger partial charge in [-0.05, 0) is 44.6 Å². The maximum Gasteiger partial charge on any atom is 0.135 e. The Balaban J connectivity index is 1.42. The van der Waals surface area contributed by atoms with E-state index in [9.17, 15) is 0 Å². The SMILES string of the molecule is Cc1nnc(C(C)C)n1C1C[C@H]2CC[C@H](C1)N2CCC(N)c1ccccc1. The summed E-state index contributed by atoms with van der Waals surface area (Å²) in [7, 11) is 0. The van der Waals surface area contributed by atoms with Gasteiger partial charge in [0.2, 0.25) is 0 Å². The highest BCUT2D eigenvalue weighted by Gasteiger charge is 2.42. The third-order valence-corrected chi connectivity index (χ3v) is 6.56. The second kappa shape index (κ2) is 7.72. The molecule has 2 saturated heterocycles. The summed E-state index contributed by atoms with van der Waals surface area (Å²) < 4.78 is 2.43. The van der Waals surface area contributed by atoms with Gasteiger partial charge in [0, 0.05) is 36.6 Å². The third kappa shape index (κ3) is 3.67. The summed E-state index contributed by atoms with van der Waals surface area (Å²) in [5.74, 6) is 2.64. The molecule has 0 saturated carbocycles. The lowest BCUT2D eigenvalue weighted by Crippen LogP contribution is -2.44. The van der Waals surface area contributed by atoms with Gasteiger partial charge in [-0.1, -0.05) is 44.2 Å². The summed E-state index contributed by atoms with van der Waals surface area (Å²) in [6, 6.07) is 12.6. The van der Waals surface area contributed by atoms with E-state index in [0.717, 1.165) is 24.6 Å². The Hall–Kier alpha value is -1.72. The van der Waals surface area contributed by atoms with Crippen LogP contribution in [0.5, 0.6) is 0 Å². The molecule has 2 aliphatic rings. The predicted molar refractivity (Wildman–Crippen MR) is 109 cm³/mol. The van der Waals surface area contributed by atoms with Gasteiger partial charge >= 0.3 is 0 Å². The Morgan fingerprint density at radius 2 is 1.70 bits per heavy atom. The summed E-state index contributed by atoms with van der Waals surface area (Å²) >= 11 is 0. The van der Waals surface area contributed by atoms with Gasteiger partial charge in [0.1, 0.15) is 11.6 Å². The Morgan fingerprint density at radius 3 is 2.33 bits per heavy atom. The quantitative estimate of drug-likeness (QED) is 0.839. The average molecular weight is 368 g/mol. The van der Waals surface area contributed by atoms with Gasteiger partial charge in [-0.15, -0.1) is 10.2 Å². The van der Waals surface area contributed by atoms with E-state index in [1.165, 1.54) is 31.2 Å². The van der Waals surface area contributed by atoms with Crippen LogP contribution in [0.15, 0.2) is 30.3 Å². The Kier molecular flexibility index (Phi) is 5.33. The lowest BCUT2D eigenvalue weighted by Gasteiger charge is -2.40. The van der Waals surface area contributed by atoms with Crippen LogP contribution in [-0.4, -0.2) is 38.3 Å². The van der Waals surface area contributed by atoms with Crippen molar-refractivity contribution in [2.24, 2.45) is 5.73 Å². The lowest BCUT2D eigenvalue weighted by molar-refractivity contribution is 0.101. The molecule has 3 atom stereocenters. The van der Waals surface area contributed by atoms with Crippen LogP contribution in [-0.2, 0) is 0 Å². The molecule has 146 valence electrons. The van der Waals surface area contributed by atoms with Crippen LogP contribution in [0.1, 0.15) is 81.2 Å². The molecule has 0 radical (unpaired) electrons. The van der Waals surface area contributed by atoms with E-state index in [1.54, 1.807) is 0 Å². The van der Waals surface area contributed by atoms with E-state index in [4.69, 9.17) is 5.73 Å². The minimum Gasteiger partial charge on any atom is -0.324 e. The number of aryl methyl sites for hydroxylation is 1. The van der Waals surface area contributed by atoms with Crippen molar-refractivity contribution in [1.29, 1.82) is 0 Å². The fourth-order valence-electron chi connectivity index (χ4n) is 5.21. The van der Waals surface area contributed by atoms with E-state index < -0.39 is 0 Å². The Morgan fingerprint density at radius 1 is 1.04 bits per heavy atom. The molecule has 5 nitrogen and oxygen atoms in total. The van der Waals surface area contributed by atoms with Gasteiger partial charge in [0.25, 0.3) is 0 Å². The van der Waals surface area contributed by atoms with Crippen molar-refractivity contribution < 1.29 is 0 Å². The average Bonchev–Trinajstić information content (AvgIpc) is 3.16. The minimum absolute atomic E-state index is 0.135. The summed E-state index contributed by atoms with van der Waals surface area (Å²) in [6.07, 6.45) is 6.11. The molecule has 3 heterocycles. The van der Waals surface area contributed by atoms with E-state index in [0.29, 0.717) is 24.0 Å². The second-order valence-electron chi connectivity index (χ2n) is 8.68.